The fourth-order valence-corrected chi connectivity index (χ4v) is 4.99. The number of hydrogen-bond acceptors (Lipinski definition) is 3. The van der Waals surface area contributed by atoms with E-state index in [1.165, 1.54) is 5.57 Å². The minimum atomic E-state index is -0.887. The summed E-state index contributed by atoms with van der Waals surface area (Å²) in [6.07, 6.45) is 10.9. The maximum atomic E-state index is 11.5. The molecule has 0 bridgehead atoms. The highest BCUT2D eigenvalue weighted by Gasteiger charge is 2.43. The maximum absolute atomic E-state index is 11.5. The van der Waals surface area contributed by atoms with E-state index in [0.29, 0.717) is 23.8 Å². The van der Waals surface area contributed by atoms with Crippen LogP contribution < -0.4 is 0 Å². The molecule has 0 heterocycles. The van der Waals surface area contributed by atoms with E-state index in [1.807, 2.05) is 24.3 Å². The second-order valence-electron chi connectivity index (χ2n) is 8.87. The molecule has 6 atom stereocenters. The number of benzene rings is 1. The summed E-state index contributed by atoms with van der Waals surface area (Å²) in [6, 6.07) is 7.19. The van der Waals surface area contributed by atoms with E-state index >= 15 is 0 Å². The predicted octanol–water partition coefficient (Wildman–Crippen LogP) is 4.61. The Labute approximate surface area is 174 Å². The summed E-state index contributed by atoms with van der Waals surface area (Å²) in [5, 5.41) is 30.4. The van der Waals surface area contributed by atoms with E-state index in [2.05, 4.69) is 19.9 Å². The van der Waals surface area contributed by atoms with Crippen LogP contribution in [0.2, 0.25) is 0 Å². The van der Waals surface area contributed by atoms with Gasteiger partial charge >= 0.3 is 5.97 Å². The monoisotopic (exact) mass is 398 g/mol. The molecule has 0 spiro atoms. The minimum absolute atomic E-state index is 0.0523. The summed E-state index contributed by atoms with van der Waals surface area (Å²) >= 11 is 0. The summed E-state index contributed by atoms with van der Waals surface area (Å²) in [5.74, 6) is 0.0660. The highest BCUT2D eigenvalue weighted by atomic mass is 16.4. The zero-order valence-corrected chi connectivity index (χ0v) is 17.5. The summed E-state index contributed by atoms with van der Waals surface area (Å²) in [7, 11) is 0. The second-order valence-corrected chi connectivity index (χ2v) is 8.87. The van der Waals surface area contributed by atoms with Gasteiger partial charge in [-0.15, -0.1) is 0 Å². The molecule has 0 radical (unpaired) electrons. The van der Waals surface area contributed by atoms with Crippen LogP contribution in [0.4, 0.5) is 0 Å². The first-order chi connectivity index (χ1) is 13.9. The highest BCUT2D eigenvalue weighted by Crippen LogP contribution is 2.48. The van der Waals surface area contributed by atoms with E-state index < -0.39 is 12.1 Å². The number of fused-ring (bicyclic) bond motifs is 1. The van der Waals surface area contributed by atoms with Crippen molar-refractivity contribution in [3.8, 4) is 0 Å². The normalized spacial score (nSPS) is 28.3. The van der Waals surface area contributed by atoms with Crippen molar-refractivity contribution in [2.24, 2.45) is 23.7 Å². The molecule has 0 saturated heterocycles. The summed E-state index contributed by atoms with van der Waals surface area (Å²) in [6.45, 7) is 4.23. The van der Waals surface area contributed by atoms with Crippen molar-refractivity contribution in [2.75, 3.05) is 0 Å². The molecule has 1 unspecified atom stereocenters. The number of aliphatic hydroxyl groups excluding tert-OH is 2. The van der Waals surface area contributed by atoms with Crippen LogP contribution in [-0.4, -0.2) is 33.5 Å². The quantitative estimate of drug-likeness (QED) is 0.531. The third kappa shape index (κ3) is 5.18. The lowest BCUT2D eigenvalue weighted by molar-refractivity contribution is 0.0696. The van der Waals surface area contributed by atoms with Crippen LogP contribution in [0.3, 0.4) is 0 Å². The molecule has 158 valence electrons. The number of hydrogen-bond donors (Lipinski definition) is 3. The van der Waals surface area contributed by atoms with Crippen molar-refractivity contribution in [3.05, 3.63) is 59.2 Å². The first-order valence-corrected chi connectivity index (χ1v) is 11.0. The van der Waals surface area contributed by atoms with Crippen molar-refractivity contribution in [1.82, 2.24) is 0 Å². The summed E-state index contributed by atoms with van der Waals surface area (Å²) < 4.78 is 0. The molecule has 1 aromatic carbocycles. The van der Waals surface area contributed by atoms with Gasteiger partial charge in [0.2, 0.25) is 0 Å². The van der Waals surface area contributed by atoms with Crippen LogP contribution in [0.5, 0.6) is 0 Å². The maximum Gasteiger partial charge on any atom is 0.335 e. The zero-order valence-electron chi connectivity index (χ0n) is 17.5. The smallest absolute Gasteiger partial charge is 0.335 e. The molecule has 4 heteroatoms. The summed E-state index contributed by atoms with van der Waals surface area (Å²) in [5.41, 5.74) is 2.47. The van der Waals surface area contributed by atoms with E-state index in [1.54, 1.807) is 12.1 Å². The van der Waals surface area contributed by atoms with Crippen LogP contribution in [0.15, 0.2) is 48.1 Å². The number of aromatic carboxylic acids is 1. The van der Waals surface area contributed by atoms with E-state index in [-0.39, 0.29) is 17.9 Å². The number of aliphatic hydroxyl groups is 2. The van der Waals surface area contributed by atoms with Crippen LogP contribution >= 0.6 is 0 Å². The van der Waals surface area contributed by atoms with Gasteiger partial charge in [0.15, 0.2) is 0 Å². The highest BCUT2D eigenvalue weighted by molar-refractivity contribution is 5.89. The van der Waals surface area contributed by atoms with Crippen LogP contribution in [-0.2, 0) is 6.42 Å². The fourth-order valence-electron chi connectivity index (χ4n) is 4.99. The third-order valence-corrected chi connectivity index (χ3v) is 6.74. The van der Waals surface area contributed by atoms with E-state index in [9.17, 15) is 20.1 Å². The molecule has 0 amide bonds. The van der Waals surface area contributed by atoms with Crippen molar-refractivity contribution < 1.29 is 20.1 Å². The molecular formula is C25H34O4. The molecule has 3 rings (SSSR count). The first kappa shape index (κ1) is 21.8. The average Bonchev–Trinajstić information content (AvgIpc) is 3.20. The Bertz CT molecular complexity index is 766. The zero-order chi connectivity index (χ0) is 21.0. The lowest BCUT2D eigenvalue weighted by atomic mass is 9.87. The van der Waals surface area contributed by atoms with Crippen molar-refractivity contribution in [3.63, 3.8) is 0 Å². The Kier molecular flexibility index (Phi) is 7.31. The number of carbonyl (C=O) groups is 1. The molecule has 1 fully saturated rings. The van der Waals surface area contributed by atoms with E-state index in [0.717, 1.165) is 37.7 Å². The molecule has 3 N–H and O–H groups in total. The molecule has 2 aliphatic carbocycles. The number of rotatable bonds is 9. The van der Waals surface area contributed by atoms with Gasteiger partial charge in [0.25, 0.3) is 0 Å². The van der Waals surface area contributed by atoms with Gasteiger partial charge in [0.1, 0.15) is 0 Å². The van der Waals surface area contributed by atoms with Gasteiger partial charge in [0.05, 0.1) is 17.8 Å². The Morgan fingerprint density at radius 1 is 1.31 bits per heavy atom. The summed E-state index contributed by atoms with van der Waals surface area (Å²) in [4.78, 5) is 11.5. The number of allylic oxidation sites excluding steroid dienone is 2. The molecular weight excluding hydrogens is 364 g/mol. The molecule has 0 aromatic heterocycles. The molecule has 4 nitrogen and oxygen atoms in total. The molecule has 2 aliphatic rings. The first-order valence-electron chi connectivity index (χ1n) is 11.0. The number of carboxylic acid groups (broad SMARTS) is 1. The largest absolute Gasteiger partial charge is 0.478 e. The topological polar surface area (TPSA) is 77.8 Å². The molecule has 1 saturated carbocycles. The molecule has 0 aliphatic heterocycles. The van der Waals surface area contributed by atoms with Crippen molar-refractivity contribution in [1.29, 1.82) is 0 Å². The lowest BCUT2D eigenvalue weighted by Gasteiger charge is -2.20. The van der Waals surface area contributed by atoms with Gasteiger partial charge in [-0.3, -0.25) is 0 Å². The Hall–Kier alpha value is -1.91. The van der Waals surface area contributed by atoms with Gasteiger partial charge in [0, 0.05) is 5.92 Å². The minimum Gasteiger partial charge on any atom is -0.478 e. The van der Waals surface area contributed by atoms with Gasteiger partial charge < -0.3 is 15.3 Å². The number of unbranched alkanes of at least 4 members (excludes halogenated alkanes) is 1. The Balaban J connectivity index is 1.64. The van der Waals surface area contributed by atoms with Crippen LogP contribution in [0.25, 0.3) is 0 Å². The second kappa shape index (κ2) is 9.73. The SMILES string of the molecule is CCCCC(C)[C@H](O)/C=C/[C@H]1[C@H]2CC(Cc3ccccc3C(=O)O)=C[C@H]2C[C@H]1O. The third-order valence-electron chi connectivity index (χ3n) is 6.74. The van der Waals surface area contributed by atoms with Gasteiger partial charge in [-0.2, -0.15) is 0 Å². The molecule has 1 aromatic rings. The standard InChI is InChI=1S/C25H34O4/c1-3-4-7-16(2)23(26)11-10-21-22-14-17(13-19(22)15-24(21)27)12-18-8-5-6-9-20(18)25(28)29/h5-6,8-11,13,16,19,21-24,26-27H,3-4,7,12,14-15H2,1-2H3,(H,28,29)/b11-10+/t16?,19-,21-,22-,23+,24+/m0/s1. The Morgan fingerprint density at radius 2 is 2.07 bits per heavy atom. The van der Waals surface area contributed by atoms with Gasteiger partial charge in [-0.25, -0.2) is 4.79 Å². The predicted molar refractivity (Wildman–Crippen MR) is 115 cm³/mol. The number of carboxylic acids is 1. The van der Waals surface area contributed by atoms with Gasteiger partial charge in [-0.1, -0.05) is 68.7 Å². The molecule has 29 heavy (non-hydrogen) atoms. The average molecular weight is 399 g/mol. The van der Waals surface area contributed by atoms with Crippen molar-refractivity contribution >= 4 is 5.97 Å². The van der Waals surface area contributed by atoms with Crippen molar-refractivity contribution in [2.45, 2.75) is 64.6 Å². The van der Waals surface area contributed by atoms with Crippen LogP contribution in [0.1, 0.15) is 61.9 Å². The van der Waals surface area contributed by atoms with Gasteiger partial charge in [-0.05, 0) is 55.1 Å². The van der Waals surface area contributed by atoms with Crippen LogP contribution in [0, 0.1) is 23.7 Å². The lowest BCUT2D eigenvalue weighted by Crippen LogP contribution is -2.20. The Morgan fingerprint density at radius 3 is 2.79 bits per heavy atom. The van der Waals surface area contributed by atoms with E-state index in [4.69, 9.17) is 0 Å². The fraction of sp³-hybridized carbons (Fsp3) is 0.560.